The summed E-state index contributed by atoms with van der Waals surface area (Å²) in [5.74, 6) is 2.09. The molecule has 0 aromatic heterocycles. The van der Waals surface area contributed by atoms with Crippen LogP contribution in [0.3, 0.4) is 0 Å². The van der Waals surface area contributed by atoms with Crippen molar-refractivity contribution in [2.24, 2.45) is 5.92 Å². The molecule has 102 valence electrons. The van der Waals surface area contributed by atoms with Crippen LogP contribution in [-0.2, 0) is 0 Å². The lowest BCUT2D eigenvalue weighted by molar-refractivity contribution is 0.195. The van der Waals surface area contributed by atoms with E-state index in [2.05, 4.69) is 56.6 Å². The van der Waals surface area contributed by atoms with Crippen molar-refractivity contribution >= 4 is 11.8 Å². The highest BCUT2D eigenvalue weighted by Gasteiger charge is 2.29. The van der Waals surface area contributed by atoms with E-state index in [0.717, 1.165) is 19.0 Å². The number of hydrogen-bond acceptors (Lipinski definition) is 3. The Morgan fingerprint density at radius 3 is 2.59 bits per heavy atom. The molecule has 2 nitrogen and oxygen atoms in total. The Labute approximate surface area is 112 Å². The Balaban J connectivity index is 2.20. The van der Waals surface area contributed by atoms with Gasteiger partial charge in [0.2, 0.25) is 0 Å². The van der Waals surface area contributed by atoms with Crippen molar-refractivity contribution in [2.75, 3.05) is 31.9 Å². The maximum atomic E-state index is 3.59. The van der Waals surface area contributed by atoms with Crippen LogP contribution in [0.25, 0.3) is 0 Å². The largest absolute Gasteiger partial charge is 0.315 e. The summed E-state index contributed by atoms with van der Waals surface area (Å²) >= 11 is 2.11. The van der Waals surface area contributed by atoms with E-state index in [1.54, 1.807) is 0 Å². The van der Waals surface area contributed by atoms with Crippen LogP contribution in [0.4, 0.5) is 0 Å². The fourth-order valence-corrected chi connectivity index (χ4v) is 3.40. The van der Waals surface area contributed by atoms with Crippen LogP contribution in [0.5, 0.6) is 0 Å². The molecule has 1 saturated heterocycles. The van der Waals surface area contributed by atoms with Gasteiger partial charge >= 0.3 is 0 Å². The summed E-state index contributed by atoms with van der Waals surface area (Å²) in [6, 6.07) is 0.669. The first-order valence-electron chi connectivity index (χ1n) is 6.99. The van der Waals surface area contributed by atoms with E-state index >= 15 is 0 Å². The average Bonchev–Trinajstić information content (AvgIpc) is 2.22. The normalized spacial score (nSPS) is 22.9. The van der Waals surface area contributed by atoms with Crippen molar-refractivity contribution in [3.8, 4) is 0 Å². The molecule has 1 rings (SSSR count). The van der Waals surface area contributed by atoms with Gasteiger partial charge in [0.05, 0.1) is 0 Å². The molecule has 0 aromatic rings. The lowest BCUT2D eigenvalue weighted by Gasteiger charge is -2.40. The molecular formula is C14H30N2S. The van der Waals surface area contributed by atoms with Gasteiger partial charge in [0.25, 0.3) is 0 Å². The first kappa shape index (κ1) is 15.3. The zero-order valence-electron chi connectivity index (χ0n) is 12.3. The molecule has 0 bridgehead atoms. The molecule has 0 spiro atoms. The molecule has 0 aliphatic carbocycles. The third-order valence-corrected chi connectivity index (χ3v) is 4.71. The topological polar surface area (TPSA) is 15.3 Å². The highest BCUT2D eigenvalue weighted by molar-refractivity contribution is 8.00. The third kappa shape index (κ3) is 6.12. The van der Waals surface area contributed by atoms with Gasteiger partial charge in [0.15, 0.2) is 0 Å². The van der Waals surface area contributed by atoms with Gasteiger partial charge in [0, 0.05) is 36.2 Å². The summed E-state index contributed by atoms with van der Waals surface area (Å²) in [6.07, 6.45) is 1.29. The second-order valence-corrected chi connectivity index (χ2v) is 8.12. The van der Waals surface area contributed by atoms with Crippen molar-refractivity contribution in [3.63, 3.8) is 0 Å². The van der Waals surface area contributed by atoms with Gasteiger partial charge in [-0.3, -0.25) is 4.90 Å². The van der Waals surface area contributed by atoms with Crippen molar-refractivity contribution in [3.05, 3.63) is 0 Å². The summed E-state index contributed by atoms with van der Waals surface area (Å²) in [6.45, 7) is 16.4. The van der Waals surface area contributed by atoms with Crippen molar-refractivity contribution < 1.29 is 0 Å². The molecule has 0 aromatic carbocycles. The molecule has 1 atom stereocenters. The average molecular weight is 258 g/mol. The monoisotopic (exact) mass is 258 g/mol. The Morgan fingerprint density at radius 1 is 1.29 bits per heavy atom. The van der Waals surface area contributed by atoms with Gasteiger partial charge < -0.3 is 5.32 Å². The van der Waals surface area contributed by atoms with Gasteiger partial charge in [-0.1, -0.05) is 13.8 Å². The molecule has 1 N–H and O–H groups in total. The molecule has 3 heteroatoms. The summed E-state index contributed by atoms with van der Waals surface area (Å²) in [5.41, 5.74) is 0. The smallest absolute Gasteiger partial charge is 0.0231 e. The Morgan fingerprint density at radius 2 is 2.00 bits per heavy atom. The van der Waals surface area contributed by atoms with Crippen LogP contribution in [-0.4, -0.2) is 47.6 Å². The zero-order valence-corrected chi connectivity index (χ0v) is 13.1. The van der Waals surface area contributed by atoms with Crippen LogP contribution >= 0.6 is 11.8 Å². The van der Waals surface area contributed by atoms with E-state index in [1.807, 2.05) is 0 Å². The zero-order chi connectivity index (χ0) is 12.9. The SMILES string of the molecule is CC(C)CCNCC(C)N1CCSC(C)(C)C1. The maximum absolute atomic E-state index is 3.59. The number of nitrogens with zero attached hydrogens (tertiary/aromatic N) is 1. The Hall–Kier alpha value is 0.270. The van der Waals surface area contributed by atoms with Crippen LogP contribution in [0.15, 0.2) is 0 Å². The lowest BCUT2D eigenvalue weighted by Crippen LogP contribution is -2.50. The van der Waals surface area contributed by atoms with Gasteiger partial charge in [-0.15, -0.1) is 0 Å². The molecule has 1 aliphatic heterocycles. The molecule has 0 saturated carbocycles. The Kier molecular flexibility index (Phi) is 6.32. The minimum atomic E-state index is 0.435. The minimum Gasteiger partial charge on any atom is -0.315 e. The van der Waals surface area contributed by atoms with E-state index in [0.29, 0.717) is 10.8 Å². The molecule has 1 fully saturated rings. The summed E-state index contributed by atoms with van der Waals surface area (Å²) in [4.78, 5) is 2.64. The number of rotatable bonds is 6. The fraction of sp³-hybridized carbons (Fsp3) is 1.00. The van der Waals surface area contributed by atoms with E-state index in [4.69, 9.17) is 0 Å². The van der Waals surface area contributed by atoms with Crippen LogP contribution in [0.1, 0.15) is 41.0 Å². The lowest BCUT2D eigenvalue weighted by atomic mass is 10.1. The van der Waals surface area contributed by atoms with Gasteiger partial charge in [-0.2, -0.15) is 11.8 Å². The van der Waals surface area contributed by atoms with E-state index in [9.17, 15) is 0 Å². The second kappa shape index (κ2) is 7.01. The number of thioether (sulfide) groups is 1. The Bertz CT molecular complexity index is 216. The van der Waals surface area contributed by atoms with Gasteiger partial charge in [-0.25, -0.2) is 0 Å². The first-order valence-corrected chi connectivity index (χ1v) is 7.98. The summed E-state index contributed by atoms with van der Waals surface area (Å²) < 4.78 is 0.435. The molecule has 0 radical (unpaired) electrons. The second-order valence-electron chi connectivity index (χ2n) is 6.31. The van der Waals surface area contributed by atoms with Crippen molar-refractivity contribution in [1.82, 2.24) is 10.2 Å². The maximum Gasteiger partial charge on any atom is 0.0231 e. The molecule has 1 aliphatic rings. The molecule has 0 amide bonds. The molecule has 17 heavy (non-hydrogen) atoms. The standard InChI is InChI=1S/C14H30N2S/c1-12(2)6-7-15-10-13(3)16-8-9-17-14(4,5)11-16/h12-13,15H,6-11H2,1-5H3. The molecular weight excluding hydrogens is 228 g/mol. The number of nitrogens with one attached hydrogen (secondary N) is 1. The van der Waals surface area contributed by atoms with E-state index < -0.39 is 0 Å². The summed E-state index contributed by atoms with van der Waals surface area (Å²) in [5, 5.41) is 3.59. The molecule has 1 heterocycles. The molecule has 1 unspecified atom stereocenters. The highest BCUT2D eigenvalue weighted by Crippen LogP contribution is 2.30. The van der Waals surface area contributed by atoms with E-state index in [-0.39, 0.29) is 0 Å². The van der Waals surface area contributed by atoms with Crippen molar-refractivity contribution in [1.29, 1.82) is 0 Å². The summed E-state index contributed by atoms with van der Waals surface area (Å²) in [7, 11) is 0. The van der Waals surface area contributed by atoms with Gasteiger partial charge in [-0.05, 0) is 39.7 Å². The quantitative estimate of drug-likeness (QED) is 0.738. The van der Waals surface area contributed by atoms with E-state index in [1.165, 1.54) is 25.3 Å². The predicted molar refractivity (Wildman–Crippen MR) is 79.9 cm³/mol. The first-order chi connectivity index (χ1) is 7.91. The van der Waals surface area contributed by atoms with Crippen LogP contribution in [0, 0.1) is 5.92 Å². The van der Waals surface area contributed by atoms with Crippen LogP contribution < -0.4 is 5.32 Å². The van der Waals surface area contributed by atoms with Crippen molar-refractivity contribution in [2.45, 2.75) is 51.8 Å². The minimum absolute atomic E-state index is 0.435. The fourth-order valence-electron chi connectivity index (χ4n) is 2.26. The number of hydrogen-bond donors (Lipinski definition) is 1. The highest BCUT2D eigenvalue weighted by atomic mass is 32.2. The predicted octanol–water partition coefficient (Wildman–Crippen LogP) is 2.84. The third-order valence-electron chi connectivity index (χ3n) is 3.42. The van der Waals surface area contributed by atoms with Gasteiger partial charge in [0.1, 0.15) is 0 Å². The van der Waals surface area contributed by atoms with Crippen LogP contribution in [0.2, 0.25) is 0 Å².